The zero-order valence-corrected chi connectivity index (χ0v) is 19.3. The van der Waals surface area contributed by atoms with Crippen molar-refractivity contribution in [2.45, 2.75) is 12.1 Å². The van der Waals surface area contributed by atoms with E-state index in [9.17, 15) is 18.4 Å². The molecule has 2 unspecified atom stereocenters. The molecule has 178 valence electrons. The normalized spacial score (nSPS) is 20.0. The number of hydrogen-bond acceptors (Lipinski definition) is 3. The summed E-state index contributed by atoms with van der Waals surface area (Å²) in [6, 6.07) is 17.1. The summed E-state index contributed by atoms with van der Waals surface area (Å²) in [5.74, 6) is -0.818. The second-order valence-electron chi connectivity index (χ2n) is 8.38. The summed E-state index contributed by atoms with van der Waals surface area (Å²) < 4.78 is 28.0. The SMILES string of the molecule is O=C1CN(C(=O)N2C(c3ccc(F)cc3)=NC(c3ccc(Cl)cc3)C2c2cccc(F)c2)CCN1. The van der Waals surface area contributed by atoms with E-state index in [2.05, 4.69) is 5.32 Å². The number of amidine groups is 1. The smallest absolute Gasteiger partial charge is 0.326 e. The van der Waals surface area contributed by atoms with Gasteiger partial charge in [-0.2, -0.15) is 0 Å². The molecule has 0 radical (unpaired) electrons. The third-order valence-electron chi connectivity index (χ3n) is 6.09. The molecule has 2 atom stereocenters. The van der Waals surface area contributed by atoms with Crippen LogP contribution in [0, 0.1) is 11.6 Å². The maximum absolute atomic E-state index is 14.3. The number of carbonyl (C=O) groups is 2. The number of amides is 3. The van der Waals surface area contributed by atoms with Crippen LogP contribution in [0.1, 0.15) is 28.8 Å². The maximum Gasteiger partial charge on any atom is 0.326 e. The van der Waals surface area contributed by atoms with E-state index in [-0.39, 0.29) is 12.5 Å². The summed E-state index contributed by atoms with van der Waals surface area (Å²) in [5.41, 5.74) is 1.84. The highest BCUT2D eigenvalue weighted by Gasteiger charge is 2.44. The van der Waals surface area contributed by atoms with Crippen molar-refractivity contribution in [3.8, 4) is 0 Å². The molecule has 0 aliphatic carbocycles. The lowest BCUT2D eigenvalue weighted by Crippen LogP contribution is -2.55. The minimum Gasteiger partial charge on any atom is -0.353 e. The van der Waals surface area contributed by atoms with Crippen LogP contribution in [0.3, 0.4) is 0 Å². The van der Waals surface area contributed by atoms with Gasteiger partial charge in [-0.15, -0.1) is 0 Å². The topological polar surface area (TPSA) is 65.0 Å². The molecule has 9 heteroatoms. The Labute approximate surface area is 205 Å². The number of urea groups is 1. The molecular formula is C26H21ClF2N4O2. The summed E-state index contributed by atoms with van der Waals surface area (Å²) in [7, 11) is 0. The Balaban J connectivity index is 1.66. The molecule has 1 N–H and O–H groups in total. The molecule has 3 aromatic carbocycles. The molecule has 3 aromatic rings. The first-order chi connectivity index (χ1) is 16.9. The summed E-state index contributed by atoms with van der Waals surface area (Å²) in [6.45, 7) is 0.541. The molecule has 0 spiro atoms. The molecule has 2 aliphatic rings. The maximum atomic E-state index is 14.3. The van der Waals surface area contributed by atoms with Crippen molar-refractivity contribution in [2.75, 3.05) is 19.6 Å². The predicted octanol–water partition coefficient (Wildman–Crippen LogP) is 4.71. The minimum absolute atomic E-state index is 0.104. The van der Waals surface area contributed by atoms with Gasteiger partial charge in [0.15, 0.2) is 0 Å². The van der Waals surface area contributed by atoms with Crippen LogP contribution >= 0.6 is 11.6 Å². The Bertz CT molecular complexity index is 1300. The Kier molecular flexibility index (Phi) is 6.21. The first-order valence-electron chi connectivity index (χ1n) is 11.1. The Hall–Kier alpha value is -3.78. The zero-order chi connectivity index (χ0) is 24.5. The van der Waals surface area contributed by atoms with E-state index in [1.165, 1.54) is 34.1 Å². The number of halogens is 3. The van der Waals surface area contributed by atoms with Crippen molar-refractivity contribution in [1.29, 1.82) is 0 Å². The standard InChI is InChI=1S/C26H21ClF2N4O2/c27-19-8-4-16(5-9-19)23-24(18-2-1-3-21(29)14-18)33(26(35)32-13-12-30-22(34)15-32)25(31-23)17-6-10-20(28)11-7-17/h1-11,14,23-24H,12-13,15H2,(H,30,34). The number of aliphatic imine (C=N–C) groups is 1. The molecule has 1 saturated heterocycles. The van der Waals surface area contributed by atoms with Gasteiger partial charge in [0.2, 0.25) is 5.91 Å². The second kappa shape index (κ2) is 9.46. The Morgan fingerprint density at radius 1 is 0.971 bits per heavy atom. The Morgan fingerprint density at radius 3 is 2.40 bits per heavy atom. The highest BCUT2D eigenvalue weighted by Crippen LogP contribution is 2.44. The average molecular weight is 495 g/mol. The van der Waals surface area contributed by atoms with E-state index < -0.39 is 29.7 Å². The van der Waals surface area contributed by atoms with Gasteiger partial charge in [-0.3, -0.25) is 14.7 Å². The first kappa shape index (κ1) is 23.0. The Morgan fingerprint density at radius 2 is 1.71 bits per heavy atom. The monoisotopic (exact) mass is 494 g/mol. The van der Waals surface area contributed by atoms with Crippen molar-refractivity contribution in [2.24, 2.45) is 4.99 Å². The van der Waals surface area contributed by atoms with Gasteiger partial charge in [-0.25, -0.2) is 13.6 Å². The number of nitrogens with zero attached hydrogens (tertiary/aromatic N) is 3. The lowest BCUT2D eigenvalue weighted by Gasteiger charge is -2.35. The molecular weight excluding hydrogens is 474 g/mol. The minimum atomic E-state index is -0.704. The summed E-state index contributed by atoms with van der Waals surface area (Å²) >= 11 is 6.10. The number of carbonyl (C=O) groups excluding carboxylic acids is 2. The molecule has 2 aliphatic heterocycles. The molecule has 3 amide bonds. The van der Waals surface area contributed by atoms with E-state index in [0.29, 0.717) is 35.1 Å². The lowest BCUT2D eigenvalue weighted by molar-refractivity contribution is -0.123. The number of nitrogens with one attached hydrogen (secondary N) is 1. The fourth-order valence-electron chi connectivity index (χ4n) is 4.45. The van der Waals surface area contributed by atoms with E-state index in [1.54, 1.807) is 36.4 Å². The van der Waals surface area contributed by atoms with Gasteiger partial charge in [0.1, 0.15) is 30.1 Å². The molecule has 0 aromatic heterocycles. The van der Waals surface area contributed by atoms with Gasteiger partial charge < -0.3 is 10.2 Å². The summed E-state index contributed by atoms with van der Waals surface area (Å²) in [5, 5.41) is 3.26. The van der Waals surface area contributed by atoms with Crippen molar-refractivity contribution < 1.29 is 18.4 Å². The quantitative estimate of drug-likeness (QED) is 0.573. The van der Waals surface area contributed by atoms with Crippen LogP contribution in [0.15, 0.2) is 77.8 Å². The number of piperazine rings is 1. The van der Waals surface area contributed by atoms with E-state index in [4.69, 9.17) is 16.6 Å². The van der Waals surface area contributed by atoms with Gasteiger partial charge in [-0.05, 0) is 59.7 Å². The van der Waals surface area contributed by atoms with Gasteiger partial charge in [-0.1, -0.05) is 35.9 Å². The van der Waals surface area contributed by atoms with Gasteiger partial charge in [0.05, 0.1) is 6.04 Å². The molecule has 5 rings (SSSR count). The van der Waals surface area contributed by atoms with Gasteiger partial charge in [0, 0.05) is 23.7 Å². The zero-order valence-electron chi connectivity index (χ0n) is 18.5. The van der Waals surface area contributed by atoms with Crippen LogP contribution in [0.25, 0.3) is 0 Å². The van der Waals surface area contributed by atoms with Crippen LogP contribution in [0.2, 0.25) is 5.02 Å². The molecule has 35 heavy (non-hydrogen) atoms. The van der Waals surface area contributed by atoms with Gasteiger partial charge in [0.25, 0.3) is 0 Å². The fraction of sp³-hybridized carbons (Fsp3) is 0.192. The van der Waals surface area contributed by atoms with Crippen molar-refractivity contribution >= 4 is 29.4 Å². The van der Waals surface area contributed by atoms with Crippen LogP contribution < -0.4 is 5.32 Å². The van der Waals surface area contributed by atoms with Crippen molar-refractivity contribution in [1.82, 2.24) is 15.1 Å². The largest absolute Gasteiger partial charge is 0.353 e. The summed E-state index contributed by atoms with van der Waals surface area (Å²) in [6.07, 6.45) is 0. The van der Waals surface area contributed by atoms with E-state index in [0.717, 1.165) is 5.56 Å². The van der Waals surface area contributed by atoms with Crippen molar-refractivity contribution in [3.05, 3.63) is 106 Å². The highest BCUT2D eigenvalue weighted by molar-refractivity contribution is 6.30. The third-order valence-corrected chi connectivity index (χ3v) is 6.34. The second-order valence-corrected chi connectivity index (χ2v) is 8.82. The van der Waals surface area contributed by atoms with E-state index >= 15 is 0 Å². The fourth-order valence-corrected chi connectivity index (χ4v) is 4.58. The first-order valence-corrected chi connectivity index (χ1v) is 11.5. The predicted molar refractivity (Wildman–Crippen MR) is 128 cm³/mol. The summed E-state index contributed by atoms with van der Waals surface area (Å²) in [4.78, 5) is 33.8. The van der Waals surface area contributed by atoms with Crippen LogP contribution in [-0.2, 0) is 4.79 Å². The van der Waals surface area contributed by atoms with Gasteiger partial charge >= 0.3 is 6.03 Å². The van der Waals surface area contributed by atoms with Crippen LogP contribution in [-0.4, -0.2) is 47.2 Å². The van der Waals surface area contributed by atoms with E-state index in [1.807, 2.05) is 12.1 Å². The lowest BCUT2D eigenvalue weighted by atomic mass is 9.93. The van der Waals surface area contributed by atoms with Crippen molar-refractivity contribution in [3.63, 3.8) is 0 Å². The number of hydrogen-bond donors (Lipinski definition) is 1. The number of rotatable bonds is 3. The van der Waals surface area contributed by atoms with Crippen LogP contribution in [0.4, 0.5) is 13.6 Å². The molecule has 2 heterocycles. The van der Waals surface area contributed by atoms with Crippen LogP contribution in [0.5, 0.6) is 0 Å². The molecule has 6 nitrogen and oxygen atoms in total. The average Bonchev–Trinajstić information content (AvgIpc) is 3.25. The molecule has 0 bridgehead atoms. The third kappa shape index (κ3) is 4.61. The number of benzene rings is 3. The highest BCUT2D eigenvalue weighted by atomic mass is 35.5. The molecule has 1 fully saturated rings. The molecule has 0 saturated carbocycles.